The summed E-state index contributed by atoms with van der Waals surface area (Å²) in [5.74, 6) is -0.946. The molecule has 7 nitrogen and oxygen atoms in total. The first-order valence-electron chi connectivity index (χ1n) is 6.61. The quantitative estimate of drug-likeness (QED) is 0.374. The summed E-state index contributed by atoms with van der Waals surface area (Å²) >= 11 is 0. The average molecular weight is 314 g/mol. The molecule has 0 aliphatic heterocycles. The van der Waals surface area contributed by atoms with E-state index >= 15 is 0 Å². The maximum Gasteiger partial charge on any atom is 0.337 e. The second-order valence-corrected chi connectivity index (χ2v) is 4.45. The Kier molecular flexibility index (Phi) is 5.03. The van der Waals surface area contributed by atoms with Gasteiger partial charge in [-0.1, -0.05) is 4.86 Å². The van der Waals surface area contributed by atoms with Gasteiger partial charge in [0.1, 0.15) is 5.69 Å². The number of methoxy groups -OCH3 is 2. The van der Waals surface area contributed by atoms with E-state index in [1.807, 2.05) is 0 Å². The fourth-order valence-corrected chi connectivity index (χ4v) is 1.79. The summed E-state index contributed by atoms with van der Waals surface area (Å²) in [5.41, 5.74) is 1.35. The number of hydrogen-bond acceptors (Lipinski definition) is 6. The molecule has 0 radical (unpaired) electrons. The fraction of sp³-hybridized carbons (Fsp3) is 0.125. The molecule has 23 heavy (non-hydrogen) atoms. The lowest BCUT2D eigenvalue weighted by atomic mass is 10.2. The summed E-state index contributed by atoms with van der Waals surface area (Å²) in [6.07, 6.45) is 0. The topological polar surface area (TPSA) is 91.0 Å². The molecular formula is C16H14N2O5. The Morgan fingerprint density at radius 3 is 1.74 bits per heavy atom. The van der Waals surface area contributed by atoms with Crippen molar-refractivity contribution in [2.45, 2.75) is 0 Å². The maximum absolute atomic E-state index is 12.0. The molecule has 0 heterocycles. The van der Waals surface area contributed by atoms with Crippen LogP contribution in [0.1, 0.15) is 20.7 Å². The summed E-state index contributed by atoms with van der Waals surface area (Å²) in [6.45, 7) is 0. The van der Waals surface area contributed by atoms with E-state index in [9.17, 15) is 14.8 Å². The van der Waals surface area contributed by atoms with Crippen LogP contribution >= 0.6 is 0 Å². The first-order chi connectivity index (χ1) is 11.0. The lowest BCUT2D eigenvalue weighted by Gasteiger charge is -2.02. The van der Waals surface area contributed by atoms with E-state index in [1.54, 1.807) is 0 Å². The molecule has 2 aromatic rings. The van der Waals surface area contributed by atoms with Crippen LogP contribution in [0, 0.1) is 5.21 Å². The molecule has 0 fully saturated rings. The summed E-state index contributed by atoms with van der Waals surface area (Å²) in [5, 5.41) is 15.8. The van der Waals surface area contributed by atoms with Crippen LogP contribution in [-0.2, 0) is 9.47 Å². The number of carbonyl (C=O) groups excluding carboxylic acids is 2. The standard InChI is InChI=1S/C16H14N2O5/c1-22-15(19)11-3-7-13(8-4-11)17-18(21)14-9-5-12(6-10-14)16(20)23-2/h3-10H,1-2H3. The van der Waals surface area contributed by atoms with Gasteiger partial charge in [-0.2, -0.15) is 0 Å². The van der Waals surface area contributed by atoms with Crippen LogP contribution in [-0.4, -0.2) is 31.0 Å². The van der Waals surface area contributed by atoms with Gasteiger partial charge >= 0.3 is 11.9 Å². The van der Waals surface area contributed by atoms with Gasteiger partial charge in [0.2, 0.25) is 5.69 Å². The van der Waals surface area contributed by atoms with E-state index in [0.29, 0.717) is 21.7 Å². The van der Waals surface area contributed by atoms with Crippen molar-refractivity contribution in [1.82, 2.24) is 0 Å². The van der Waals surface area contributed by atoms with Crippen LogP contribution in [0.15, 0.2) is 53.6 Å². The third-order valence-corrected chi connectivity index (χ3v) is 3.00. The average Bonchev–Trinajstić information content (AvgIpc) is 2.61. The predicted molar refractivity (Wildman–Crippen MR) is 80.9 cm³/mol. The lowest BCUT2D eigenvalue weighted by molar-refractivity contribution is -0.435. The van der Waals surface area contributed by atoms with E-state index in [0.717, 1.165) is 0 Å². The van der Waals surface area contributed by atoms with Crippen LogP contribution in [0.25, 0.3) is 0 Å². The van der Waals surface area contributed by atoms with E-state index in [-0.39, 0.29) is 5.69 Å². The fourth-order valence-electron chi connectivity index (χ4n) is 1.79. The van der Waals surface area contributed by atoms with Gasteiger partial charge < -0.3 is 14.7 Å². The van der Waals surface area contributed by atoms with Gasteiger partial charge in [0.25, 0.3) is 0 Å². The van der Waals surface area contributed by atoms with Crippen LogP contribution in [0.4, 0.5) is 11.4 Å². The Bertz CT molecular complexity index is 736. The number of benzene rings is 2. The highest BCUT2D eigenvalue weighted by Crippen LogP contribution is 2.19. The van der Waals surface area contributed by atoms with Crippen molar-refractivity contribution in [3.8, 4) is 0 Å². The van der Waals surface area contributed by atoms with Crippen molar-refractivity contribution in [2.75, 3.05) is 14.2 Å². The molecule has 0 saturated heterocycles. The number of rotatable bonds is 4. The molecule has 0 aliphatic carbocycles. The highest BCUT2D eigenvalue weighted by atomic mass is 16.5. The lowest BCUT2D eigenvalue weighted by Crippen LogP contribution is -2.01. The van der Waals surface area contributed by atoms with Crippen molar-refractivity contribution in [3.63, 3.8) is 0 Å². The van der Waals surface area contributed by atoms with Crippen LogP contribution in [0.2, 0.25) is 0 Å². The molecule has 0 unspecified atom stereocenters. The van der Waals surface area contributed by atoms with Gasteiger partial charge in [0.05, 0.1) is 25.3 Å². The van der Waals surface area contributed by atoms with Gasteiger partial charge in [-0.25, -0.2) is 9.59 Å². The van der Waals surface area contributed by atoms with Crippen molar-refractivity contribution in [2.24, 2.45) is 5.11 Å². The number of carbonyl (C=O) groups is 2. The largest absolute Gasteiger partial charge is 0.594 e. The van der Waals surface area contributed by atoms with Crippen molar-refractivity contribution in [3.05, 3.63) is 64.9 Å². The second-order valence-electron chi connectivity index (χ2n) is 4.45. The molecule has 0 atom stereocenters. The molecule has 2 aromatic carbocycles. The van der Waals surface area contributed by atoms with Gasteiger partial charge in [0, 0.05) is 17.2 Å². The molecule has 0 amide bonds. The van der Waals surface area contributed by atoms with Crippen LogP contribution < -0.4 is 0 Å². The number of hydrogen-bond donors (Lipinski definition) is 0. The van der Waals surface area contributed by atoms with E-state index in [2.05, 4.69) is 14.6 Å². The second kappa shape index (κ2) is 7.17. The van der Waals surface area contributed by atoms with Gasteiger partial charge in [0.15, 0.2) is 0 Å². The molecule has 2 rings (SSSR count). The molecule has 0 bridgehead atoms. The zero-order chi connectivity index (χ0) is 16.8. The number of ether oxygens (including phenoxy) is 2. The molecule has 0 saturated carbocycles. The monoisotopic (exact) mass is 314 g/mol. The normalized spacial score (nSPS) is 11.0. The molecule has 0 aromatic heterocycles. The summed E-state index contributed by atoms with van der Waals surface area (Å²) in [7, 11) is 2.57. The van der Waals surface area contributed by atoms with Crippen LogP contribution in [0.5, 0.6) is 0 Å². The number of nitrogens with zero attached hydrogens (tertiary/aromatic N) is 2. The number of esters is 2. The summed E-state index contributed by atoms with van der Waals surface area (Å²) < 4.78 is 9.17. The zero-order valence-electron chi connectivity index (χ0n) is 12.6. The zero-order valence-corrected chi connectivity index (χ0v) is 12.6. The highest BCUT2D eigenvalue weighted by Gasteiger charge is 2.09. The Labute approximate surface area is 132 Å². The highest BCUT2D eigenvalue weighted by molar-refractivity contribution is 5.90. The van der Waals surface area contributed by atoms with E-state index in [1.165, 1.54) is 62.8 Å². The maximum atomic E-state index is 12.0. The molecule has 0 spiro atoms. The molecular weight excluding hydrogens is 300 g/mol. The minimum Gasteiger partial charge on any atom is -0.594 e. The van der Waals surface area contributed by atoms with Gasteiger partial charge in [-0.15, -0.1) is 0 Å². The van der Waals surface area contributed by atoms with Crippen molar-refractivity contribution < 1.29 is 23.9 Å². The molecule has 118 valence electrons. The smallest absolute Gasteiger partial charge is 0.337 e. The van der Waals surface area contributed by atoms with Gasteiger partial charge in [-0.05, 0) is 36.4 Å². The Balaban J connectivity index is 2.19. The first-order valence-corrected chi connectivity index (χ1v) is 6.61. The third-order valence-electron chi connectivity index (χ3n) is 3.00. The molecule has 0 aliphatic rings. The molecule has 7 heteroatoms. The van der Waals surface area contributed by atoms with Gasteiger partial charge in [-0.3, -0.25) is 0 Å². The SMILES string of the molecule is COC(=O)c1ccc(N=[N+]([O-])c2ccc(C(=O)OC)cc2)cc1. The summed E-state index contributed by atoms with van der Waals surface area (Å²) in [6, 6.07) is 12.0. The van der Waals surface area contributed by atoms with E-state index < -0.39 is 11.9 Å². The third kappa shape index (κ3) is 3.91. The minimum atomic E-state index is -0.482. The first kappa shape index (κ1) is 16.2. The Morgan fingerprint density at radius 2 is 1.30 bits per heavy atom. The van der Waals surface area contributed by atoms with Crippen LogP contribution in [0.3, 0.4) is 0 Å². The number of azo groups is 1. The minimum absolute atomic E-state index is 0.259. The Hall–Kier alpha value is -3.22. The van der Waals surface area contributed by atoms with Crippen molar-refractivity contribution in [1.29, 1.82) is 0 Å². The molecule has 0 N–H and O–H groups in total. The summed E-state index contributed by atoms with van der Waals surface area (Å²) in [4.78, 5) is 23.1. The Morgan fingerprint density at radius 1 is 0.870 bits per heavy atom. The van der Waals surface area contributed by atoms with E-state index in [4.69, 9.17) is 0 Å². The predicted octanol–water partition coefficient (Wildman–Crippen LogP) is 3.19. The van der Waals surface area contributed by atoms with Crippen molar-refractivity contribution >= 4 is 23.3 Å².